The minimum absolute atomic E-state index is 0.261. The second kappa shape index (κ2) is 10.2. The first-order valence-corrected chi connectivity index (χ1v) is 12.1. The maximum atomic E-state index is 11.2. The standard InChI is InChI=1S/C15H9NO4.C7H10.C2H3F3O3S/c16-13-10-5-7-3-1-2-4-8(7)9(10)6-11(14(17)18)12(13)15(19)20;1-2-7-4-3-6(1)5-7;1-8-9(6,7)2(3,4)5/h1-6,16H,(H,17,18)(H,19,20);1-2,6-7H,3-5H2;1H3. The molecular weight excluding hydrogens is 503 g/mol. The van der Waals surface area contributed by atoms with E-state index < -0.39 is 33.1 Å². The molecule has 3 N–H and O–H groups in total. The van der Waals surface area contributed by atoms with Crippen LogP contribution in [0, 0.1) is 17.2 Å². The Labute approximate surface area is 204 Å². The van der Waals surface area contributed by atoms with Crippen molar-refractivity contribution in [2.24, 2.45) is 11.8 Å². The number of carbonyl (C=O) groups is 2. The van der Waals surface area contributed by atoms with Gasteiger partial charge in [0.15, 0.2) is 0 Å². The van der Waals surface area contributed by atoms with Crippen LogP contribution < -0.4 is 0 Å². The number of benzene rings is 1. The first-order chi connectivity index (χ1) is 16.8. The fraction of sp³-hybridized carbons (Fsp3) is 0.292. The van der Waals surface area contributed by atoms with Gasteiger partial charge in [-0.3, -0.25) is 9.59 Å². The Morgan fingerprint density at radius 3 is 1.97 bits per heavy atom. The predicted molar refractivity (Wildman–Crippen MR) is 124 cm³/mol. The van der Waals surface area contributed by atoms with Crippen LogP contribution in [0.4, 0.5) is 13.2 Å². The van der Waals surface area contributed by atoms with E-state index >= 15 is 0 Å². The molecule has 0 amide bonds. The van der Waals surface area contributed by atoms with Gasteiger partial charge in [-0.2, -0.15) is 21.6 Å². The van der Waals surface area contributed by atoms with E-state index in [0.29, 0.717) is 18.3 Å². The van der Waals surface area contributed by atoms with E-state index in [9.17, 15) is 31.2 Å². The zero-order chi connectivity index (χ0) is 26.8. The van der Waals surface area contributed by atoms with Gasteiger partial charge >= 0.3 is 27.6 Å². The molecule has 1 fully saturated rings. The Morgan fingerprint density at radius 2 is 1.58 bits per heavy atom. The summed E-state index contributed by atoms with van der Waals surface area (Å²) in [5.41, 5.74) is -3.68. The third-order valence-corrected chi connectivity index (χ3v) is 7.04. The first kappa shape index (κ1) is 27.1. The van der Waals surface area contributed by atoms with Crippen molar-refractivity contribution in [2.45, 2.75) is 24.8 Å². The van der Waals surface area contributed by atoms with Crippen LogP contribution in [0.5, 0.6) is 0 Å². The molecule has 2 atom stereocenters. The molecule has 1 aromatic carbocycles. The molecule has 0 aromatic heterocycles. The summed E-state index contributed by atoms with van der Waals surface area (Å²) in [6.45, 7) is 0. The third-order valence-electron chi connectivity index (χ3n) is 6.03. The van der Waals surface area contributed by atoms with Gasteiger partial charge in [0, 0.05) is 5.57 Å². The molecule has 12 heteroatoms. The van der Waals surface area contributed by atoms with Gasteiger partial charge in [0.05, 0.1) is 24.0 Å². The summed E-state index contributed by atoms with van der Waals surface area (Å²) in [6.07, 6.45) is 12.2. The van der Waals surface area contributed by atoms with Crippen molar-refractivity contribution >= 4 is 39.4 Å². The number of alkyl halides is 3. The highest BCUT2D eigenvalue weighted by atomic mass is 32.2. The second-order valence-electron chi connectivity index (χ2n) is 8.26. The van der Waals surface area contributed by atoms with Crippen LogP contribution in [0.2, 0.25) is 0 Å². The van der Waals surface area contributed by atoms with Crippen molar-refractivity contribution in [1.29, 1.82) is 5.41 Å². The maximum Gasteiger partial charge on any atom is 0.523 e. The molecule has 0 radical (unpaired) electrons. The van der Waals surface area contributed by atoms with Crippen LogP contribution in [-0.2, 0) is 23.9 Å². The number of allylic oxidation sites excluding steroid dienone is 4. The normalized spacial score (nSPS) is 21.4. The molecule has 0 saturated heterocycles. The van der Waals surface area contributed by atoms with Gasteiger partial charge in [-0.1, -0.05) is 36.4 Å². The summed E-state index contributed by atoms with van der Waals surface area (Å²) in [5, 5.41) is 26.3. The van der Waals surface area contributed by atoms with Crippen LogP contribution >= 0.6 is 0 Å². The van der Waals surface area contributed by atoms with Crippen LogP contribution in [0.1, 0.15) is 30.4 Å². The van der Waals surface area contributed by atoms with Gasteiger partial charge < -0.3 is 10.2 Å². The van der Waals surface area contributed by atoms with Crippen molar-refractivity contribution in [3.05, 3.63) is 70.3 Å². The fourth-order valence-electron chi connectivity index (χ4n) is 4.30. The lowest BCUT2D eigenvalue weighted by Crippen LogP contribution is -2.23. The van der Waals surface area contributed by atoms with E-state index in [4.69, 9.17) is 15.6 Å². The van der Waals surface area contributed by atoms with Crippen LogP contribution in [0.25, 0.3) is 11.6 Å². The molecule has 2 bridgehead atoms. The molecule has 8 nitrogen and oxygen atoms in total. The molecule has 36 heavy (non-hydrogen) atoms. The van der Waals surface area contributed by atoms with E-state index in [1.165, 1.54) is 25.3 Å². The van der Waals surface area contributed by atoms with Gasteiger partial charge in [0.2, 0.25) is 0 Å². The summed E-state index contributed by atoms with van der Waals surface area (Å²) >= 11 is 0. The summed E-state index contributed by atoms with van der Waals surface area (Å²) in [5.74, 6) is -0.766. The molecule has 192 valence electrons. The molecule has 0 spiro atoms. The van der Waals surface area contributed by atoms with Crippen molar-refractivity contribution < 1.29 is 45.6 Å². The smallest absolute Gasteiger partial charge is 0.478 e. The Hall–Kier alpha value is -3.51. The number of carboxylic acid groups (broad SMARTS) is 2. The first-order valence-electron chi connectivity index (χ1n) is 10.6. The van der Waals surface area contributed by atoms with E-state index in [2.05, 4.69) is 16.3 Å². The molecule has 2 unspecified atom stereocenters. The molecule has 1 aromatic rings. The van der Waals surface area contributed by atoms with Gasteiger partial charge in [-0.15, -0.1) is 0 Å². The van der Waals surface area contributed by atoms with E-state index in [1.54, 1.807) is 6.08 Å². The Bertz CT molecular complexity index is 1330. The average molecular weight is 526 g/mol. The highest BCUT2D eigenvalue weighted by Crippen LogP contribution is 2.41. The lowest BCUT2D eigenvalue weighted by atomic mass is 9.86. The molecular formula is C24H22F3NO7S. The van der Waals surface area contributed by atoms with E-state index in [0.717, 1.165) is 23.0 Å². The Balaban J connectivity index is 0.000000185. The topological polar surface area (TPSA) is 142 Å². The van der Waals surface area contributed by atoms with Gasteiger partial charge in [-0.25, -0.2) is 9.59 Å². The Morgan fingerprint density at radius 1 is 1.00 bits per heavy atom. The Kier molecular flexibility index (Phi) is 7.70. The largest absolute Gasteiger partial charge is 0.523 e. The summed E-state index contributed by atoms with van der Waals surface area (Å²) in [4.78, 5) is 22.5. The lowest BCUT2D eigenvalue weighted by Gasteiger charge is -2.17. The van der Waals surface area contributed by atoms with Crippen molar-refractivity contribution in [3.63, 3.8) is 0 Å². The van der Waals surface area contributed by atoms with Crippen LogP contribution in [0.3, 0.4) is 0 Å². The molecule has 0 heterocycles. The van der Waals surface area contributed by atoms with Gasteiger partial charge in [0.25, 0.3) is 0 Å². The van der Waals surface area contributed by atoms with Crippen molar-refractivity contribution in [3.8, 4) is 0 Å². The highest BCUT2D eigenvalue weighted by molar-refractivity contribution is 7.87. The number of fused-ring (bicyclic) bond motifs is 5. The monoisotopic (exact) mass is 525 g/mol. The van der Waals surface area contributed by atoms with E-state index in [1.807, 2.05) is 24.3 Å². The number of rotatable bonds is 3. The number of hydrogen-bond donors (Lipinski definition) is 3. The van der Waals surface area contributed by atoms with E-state index in [-0.39, 0.29) is 11.3 Å². The molecule has 4 aliphatic carbocycles. The lowest BCUT2D eigenvalue weighted by molar-refractivity contribution is -0.135. The number of hydrogen-bond acceptors (Lipinski definition) is 6. The quantitative estimate of drug-likeness (QED) is 0.301. The summed E-state index contributed by atoms with van der Waals surface area (Å²) in [6, 6.07) is 7.32. The molecule has 5 rings (SSSR count). The third kappa shape index (κ3) is 5.49. The van der Waals surface area contributed by atoms with Crippen LogP contribution in [-0.4, -0.2) is 48.9 Å². The predicted octanol–water partition coefficient (Wildman–Crippen LogP) is 4.42. The maximum absolute atomic E-state index is 11.2. The fourth-order valence-corrected chi connectivity index (χ4v) is 4.49. The SMILES string of the molecule is C1=CC2CCC1C2.COS(=O)(=O)C(F)(F)F.N=C1C2=Cc3ccccc3C2=CC(C(=O)O)=C1C(=O)O. The average Bonchev–Trinajstić information content (AvgIpc) is 3.55. The summed E-state index contributed by atoms with van der Waals surface area (Å²) < 4.78 is 55.9. The summed E-state index contributed by atoms with van der Waals surface area (Å²) in [7, 11) is -4.89. The van der Waals surface area contributed by atoms with Crippen molar-refractivity contribution in [1.82, 2.24) is 0 Å². The van der Waals surface area contributed by atoms with Gasteiger partial charge in [0.1, 0.15) is 0 Å². The van der Waals surface area contributed by atoms with Gasteiger partial charge in [-0.05, 0) is 60.0 Å². The number of carboxylic acids is 2. The highest BCUT2D eigenvalue weighted by Gasteiger charge is 2.46. The molecule has 4 aliphatic rings. The van der Waals surface area contributed by atoms with Crippen molar-refractivity contribution in [2.75, 3.05) is 7.11 Å². The number of nitrogens with one attached hydrogen (secondary N) is 1. The zero-order valence-electron chi connectivity index (χ0n) is 18.9. The molecule has 1 saturated carbocycles. The second-order valence-corrected chi connectivity index (χ2v) is 9.97. The van der Waals surface area contributed by atoms with Crippen LogP contribution in [0.15, 0.2) is 59.2 Å². The number of aliphatic carboxylic acids is 2. The molecule has 0 aliphatic heterocycles. The zero-order valence-corrected chi connectivity index (χ0v) is 19.7. The minimum atomic E-state index is -5.34. The number of halogens is 3. The minimum Gasteiger partial charge on any atom is -0.478 e.